The number of aryl methyl sites for hydroxylation is 1. The van der Waals surface area contributed by atoms with Gasteiger partial charge in [0.05, 0.1) is 5.66 Å². The smallest absolute Gasteiger partial charge is 0.0899 e. The largest absolute Gasteiger partial charge is 0.310 e. The lowest BCUT2D eigenvalue weighted by atomic mass is 9.85. The van der Waals surface area contributed by atoms with Crippen LogP contribution < -0.4 is 11.5 Å². The van der Waals surface area contributed by atoms with Crippen molar-refractivity contribution in [3.63, 3.8) is 0 Å². The first kappa shape index (κ1) is 14.2. The van der Waals surface area contributed by atoms with Crippen molar-refractivity contribution in [2.45, 2.75) is 59.0 Å². The van der Waals surface area contributed by atoms with E-state index in [4.69, 9.17) is 11.5 Å². The van der Waals surface area contributed by atoms with Crippen LogP contribution in [0.15, 0.2) is 12.1 Å². The van der Waals surface area contributed by atoms with Crippen molar-refractivity contribution in [3.8, 4) is 0 Å². The van der Waals surface area contributed by atoms with Crippen molar-refractivity contribution in [2.75, 3.05) is 0 Å². The zero-order valence-corrected chi connectivity index (χ0v) is 11.6. The van der Waals surface area contributed by atoms with Gasteiger partial charge in [-0.3, -0.25) is 0 Å². The van der Waals surface area contributed by atoms with Crippen LogP contribution in [-0.4, -0.2) is 0 Å². The summed E-state index contributed by atoms with van der Waals surface area (Å²) >= 11 is 0. The van der Waals surface area contributed by atoms with Crippen LogP contribution in [0.3, 0.4) is 0 Å². The van der Waals surface area contributed by atoms with Crippen LogP contribution in [0.5, 0.6) is 0 Å². The molecular formula is C15H26N2. The topological polar surface area (TPSA) is 52.0 Å². The van der Waals surface area contributed by atoms with E-state index in [0.29, 0.717) is 0 Å². The Kier molecular flexibility index (Phi) is 4.72. The maximum Gasteiger partial charge on any atom is 0.0899 e. The SMILES string of the molecule is CCc1ccc(C(N)(N)CC)c(CC)c1CC. The van der Waals surface area contributed by atoms with E-state index in [1.165, 1.54) is 16.7 Å². The predicted molar refractivity (Wildman–Crippen MR) is 74.9 cm³/mol. The number of benzene rings is 1. The van der Waals surface area contributed by atoms with Crippen molar-refractivity contribution in [2.24, 2.45) is 11.5 Å². The fraction of sp³-hybridized carbons (Fsp3) is 0.600. The van der Waals surface area contributed by atoms with Gasteiger partial charge in [0, 0.05) is 0 Å². The van der Waals surface area contributed by atoms with E-state index in [0.717, 1.165) is 31.2 Å². The maximum atomic E-state index is 6.21. The third-order valence-corrected chi connectivity index (χ3v) is 3.70. The van der Waals surface area contributed by atoms with Gasteiger partial charge in [-0.25, -0.2) is 0 Å². The molecule has 0 spiro atoms. The summed E-state index contributed by atoms with van der Waals surface area (Å²) in [6.07, 6.45) is 3.89. The van der Waals surface area contributed by atoms with Gasteiger partial charge in [-0.05, 0) is 47.9 Å². The first-order valence-electron chi connectivity index (χ1n) is 6.73. The average molecular weight is 234 g/mol. The number of nitrogens with two attached hydrogens (primary N) is 2. The van der Waals surface area contributed by atoms with Gasteiger partial charge in [0.1, 0.15) is 0 Å². The molecular weight excluding hydrogens is 208 g/mol. The van der Waals surface area contributed by atoms with Crippen molar-refractivity contribution < 1.29 is 0 Å². The minimum absolute atomic E-state index is 0.693. The lowest BCUT2D eigenvalue weighted by molar-refractivity contribution is 0.443. The fourth-order valence-corrected chi connectivity index (χ4v) is 2.54. The third kappa shape index (κ3) is 2.70. The van der Waals surface area contributed by atoms with Gasteiger partial charge in [-0.2, -0.15) is 0 Å². The summed E-state index contributed by atoms with van der Waals surface area (Å²) < 4.78 is 0. The zero-order valence-electron chi connectivity index (χ0n) is 11.6. The van der Waals surface area contributed by atoms with Crippen molar-refractivity contribution in [3.05, 3.63) is 34.4 Å². The van der Waals surface area contributed by atoms with Crippen LogP contribution in [0.2, 0.25) is 0 Å². The molecule has 1 rings (SSSR count). The Balaban J connectivity index is 3.43. The molecule has 96 valence electrons. The van der Waals surface area contributed by atoms with E-state index in [1.807, 2.05) is 6.92 Å². The van der Waals surface area contributed by atoms with E-state index < -0.39 is 5.66 Å². The molecule has 0 aromatic heterocycles. The van der Waals surface area contributed by atoms with E-state index in [1.54, 1.807) is 0 Å². The molecule has 1 aromatic rings. The second-order valence-corrected chi connectivity index (χ2v) is 4.68. The fourth-order valence-electron chi connectivity index (χ4n) is 2.54. The van der Waals surface area contributed by atoms with Crippen molar-refractivity contribution in [1.29, 1.82) is 0 Å². The van der Waals surface area contributed by atoms with Crippen LogP contribution in [-0.2, 0) is 24.9 Å². The highest BCUT2D eigenvalue weighted by atomic mass is 14.9. The van der Waals surface area contributed by atoms with Crippen molar-refractivity contribution in [1.82, 2.24) is 0 Å². The summed E-state index contributed by atoms with van der Waals surface area (Å²) in [7, 11) is 0. The molecule has 0 fully saturated rings. The summed E-state index contributed by atoms with van der Waals surface area (Å²) in [5, 5.41) is 0. The number of rotatable bonds is 5. The Morgan fingerprint density at radius 2 is 1.47 bits per heavy atom. The Bertz CT molecular complexity index is 381. The molecule has 0 bridgehead atoms. The van der Waals surface area contributed by atoms with Crippen LogP contribution >= 0.6 is 0 Å². The van der Waals surface area contributed by atoms with Crippen LogP contribution in [0.1, 0.15) is 56.4 Å². The Labute approximate surface area is 105 Å². The van der Waals surface area contributed by atoms with Gasteiger partial charge in [0.15, 0.2) is 0 Å². The number of hydrogen-bond donors (Lipinski definition) is 2. The van der Waals surface area contributed by atoms with Gasteiger partial charge < -0.3 is 11.5 Å². The lowest BCUT2D eigenvalue weighted by Crippen LogP contribution is -2.46. The van der Waals surface area contributed by atoms with E-state index in [2.05, 4.69) is 32.9 Å². The van der Waals surface area contributed by atoms with Gasteiger partial charge >= 0.3 is 0 Å². The Morgan fingerprint density at radius 1 is 0.882 bits per heavy atom. The van der Waals surface area contributed by atoms with Gasteiger partial charge in [-0.1, -0.05) is 39.8 Å². The number of hydrogen-bond acceptors (Lipinski definition) is 2. The molecule has 0 aliphatic heterocycles. The quantitative estimate of drug-likeness (QED) is 0.770. The second-order valence-electron chi connectivity index (χ2n) is 4.68. The lowest BCUT2D eigenvalue weighted by Gasteiger charge is -2.28. The highest BCUT2D eigenvalue weighted by Crippen LogP contribution is 2.27. The van der Waals surface area contributed by atoms with E-state index in [9.17, 15) is 0 Å². The van der Waals surface area contributed by atoms with Crippen LogP contribution in [0, 0.1) is 0 Å². The minimum Gasteiger partial charge on any atom is -0.310 e. The molecule has 0 heterocycles. The molecule has 2 heteroatoms. The molecule has 0 unspecified atom stereocenters. The molecule has 0 aliphatic rings. The highest BCUT2D eigenvalue weighted by Gasteiger charge is 2.24. The molecule has 2 nitrogen and oxygen atoms in total. The zero-order chi connectivity index (χ0) is 13.1. The normalized spacial score (nSPS) is 11.9. The molecule has 0 radical (unpaired) electrons. The second kappa shape index (κ2) is 5.65. The third-order valence-electron chi connectivity index (χ3n) is 3.70. The van der Waals surface area contributed by atoms with Crippen LogP contribution in [0.4, 0.5) is 0 Å². The Hall–Kier alpha value is -0.860. The molecule has 17 heavy (non-hydrogen) atoms. The standard InChI is InChI=1S/C15H26N2/c1-5-11-9-10-14(15(16,17)8-4)13(7-3)12(11)6-2/h9-10H,5-8,16-17H2,1-4H3. The molecule has 0 atom stereocenters. The summed E-state index contributed by atoms with van der Waals surface area (Å²) in [5.41, 5.74) is 17.1. The van der Waals surface area contributed by atoms with Crippen LogP contribution in [0.25, 0.3) is 0 Å². The van der Waals surface area contributed by atoms with Crippen molar-refractivity contribution >= 4 is 0 Å². The highest BCUT2D eigenvalue weighted by molar-refractivity contribution is 5.44. The van der Waals surface area contributed by atoms with E-state index in [-0.39, 0.29) is 0 Å². The van der Waals surface area contributed by atoms with Gasteiger partial charge in [0.25, 0.3) is 0 Å². The van der Waals surface area contributed by atoms with Gasteiger partial charge in [-0.15, -0.1) is 0 Å². The van der Waals surface area contributed by atoms with Gasteiger partial charge in [0.2, 0.25) is 0 Å². The summed E-state index contributed by atoms with van der Waals surface area (Å²) in [6, 6.07) is 4.32. The predicted octanol–water partition coefficient (Wildman–Crippen LogP) is 2.85. The molecule has 4 N–H and O–H groups in total. The molecule has 0 saturated heterocycles. The minimum atomic E-state index is -0.693. The monoisotopic (exact) mass is 234 g/mol. The summed E-state index contributed by atoms with van der Waals surface area (Å²) in [5.74, 6) is 0. The molecule has 0 aliphatic carbocycles. The van der Waals surface area contributed by atoms with E-state index >= 15 is 0 Å². The summed E-state index contributed by atoms with van der Waals surface area (Å²) in [6.45, 7) is 8.63. The molecule has 0 amide bonds. The molecule has 1 aromatic carbocycles. The maximum absolute atomic E-state index is 6.21. The first-order valence-corrected chi connectivity index (χ1v) is 6.73. The Morgan fingerprint density at radius 3 is 1.88 bits per heavy atom. The molecule has 0 saturated carbocycles. The summed E-state index contributed by atoms with van der Waals surface area (Å²) in [4.78, 5) is 0. The first-order chi connectivity index (χ1) is 8.01. The average Bonchev–Trinajstić information content (AvgIpc) is 2.36.